The summed E-state index contributed by atoms with van der Waals surface area (Å²) < 4.78 is 19.3. The SMILES string of the molecule is COc1cncc2c1C1(O)C(CN3CCOCC3)CC(c3ccccc3)C1(c1ccc(Br)cc1)O2. The lowest BCUT2D eigenvalue weighted by atomic mass is 9.70. The number of ether oxygens (including phenoxy) is 3. The third kappa shape index (κ3) is 3.44. The van der Waals surface area contributed by atoms with Gasteiger partial charge in [0.2, 0.25) is 0 Å². The molecule has 6 rings (SSSR count). The molecule has 4 atom stereocenters. The normalized spacial score (nSPS) is 29.9. The molecule has 1 aromatic heterocycles. The van der Waals surface area contributed by atoms with E-state index in [1.165, 1.54) is 0 Å². The molecule has 7 heteroatoms. The molecule has 0 amide bonds. The Hall–Kier alpha value is -2.45. The van der Waals surface area contributed by atoms with Crippen molar-refractivity contribution in [3.63, 3.8) is 0 Å². The van der Waals surface area contributed by atoms with Crippen LogP contribution in [0.4, 0.5) is 0 Å². The molecule has 0 spiro atoms. The Balaban J connectivity index is 1.59. The number of hydrogen-bond donors (Lipinski definition) is 1. The number of morpholine rings is 1. The molecule has 3 aliphatic rings. The average molecular weight is 537 g/mol. The Labute approximate surface area is 214 Å². The van der Waals surface area contributed by atoms with E-state index in [1.807, 2.05) is 18.2 Å². The standard InChI is InChI=1S/C28H29BrN2O4/c1-33-24-16-30-17-25-26(24)27(32)21(18-31-11-13-34-14-12-31)15-23(19-5-3-2-4-6-19)28(27,35-25)20-7-9-22(29)10-8-20/h2-10,16-17,21,23,32H,11-15,18H2,1H3. The zero-order valence-electron chi connectivity index (χ0n) is 19.7. The third-order valence-corrected chi connectivity index (χ3v) is 8.50. The van der Waals surface area contributed by atoms with Crippen LogP contribution < -0.4 is 9.47 Å². The topological polar surface area (TPSA) is 64.1 Å². The first-order valence-corrected chi connectivity index (χ1v) is 12.9. The highest BCUT2D eigenvalue weighted by Gasteiger charge is 2.73. The number of aromatic nitrogens is 1. The van der Waals surface area contributed by atoms with Gasteiger partial charge in [-0.2, -0.15) is 0 Å². The van der Waals surface area contributed by atoms with Crippen LogP contribution in [0.1, 0.15) is 29.0 Å². The van der Waals surface area contributed by atoms with Crippen molar-refractivity contribution in [3.05, 3.63) is 88.2 Å². The van der Waals surface area contributed by atoms with Crippen molar-refractivity contribution in [2.75, 3.05) is 40.0 Å². The van der Waals surface area contributed by atoms with Crippen LogP contribution in [0.25, 0.3) is 0 Å². The highest BCUT2D eigenvalue weighted by Crippen LogP contribution is 2.70. The number of rotatable bonds is 5. The molecule has 0 radical (unpaired) electrons. The van der Waals surface area contributed by atoms with Crippen LogP contribution in [-0.2, 0) is 15.9 Å². The maximum atomic E-state index is 13.1. The number of halogens is 1. The van der Waals surface area contributed by atoms with Gasteiger partial charge in [0.25, 0.3) is 0 Å². The Morgan fingerprint density at radius 1 is 1.09 bits per heavy atom. The number of benzene rings is 2. The minimum absolute atomic E-state index is 0.0713. The van der Waals surface area contributed by atoms with Crippen LogP contribution in [0, 0.1) is 5.92 Å². The summed E-state index contributed by atoms with van der Waals surface area (Å²) >= 11 is 3.57. The van der Waals surface area contributed by atoms with Gasteiger partial charge in [0.05, 0.1) is 38.3 Å². The fraction of sp³-hybridized carbons (Fsp3) is 0.393. The monoisotopic (exact) mass is 536 g/mol. The molecule has 6 nitrogen and oxygen atoms in total. The van der Waals surface area contributed by atoms with Crippen LogP contribution >= 0.6 is 15.9 Å². The Bertz CT molecular complexity index is 1200. The van der Waals surface area contributed by atoms with E-state index in [0.717, 1.165) is 41.7 Å². The lowest BCUT2D eigenvalue weighted by Gasteiger charge is -2.42. The van der Waals surface area contributed by atoms with E-state index in [0.29, 0.717) is 30.3 Å². The number of nitrogens with zero attached hydrogens (tertiary/aromatic N) is 2. The van der Waals surface area contributed by atoms with E-state index in [-0.39, 0.29) is 11.8 Å². The smallest absolute Gasteiger partial charge is 0.174 e. The third-order valence-electron chi connectivity index (χ3n) is 7.97. The van der Waals surface area contributed by atoms with Crippen LogP contribution in [0.3, 0.4) is 0 Å². The fourth-order valence-electron chi connectivity index (χ4n) is 6.47. The molecule has 1 saturated carbocycles. The van der Waals surface area contributed by atoms with Crippen molar-refractivity contribution in [1.82, 2.24) is 9.88 Å². The van der Waals surface area contributed by atoms with Gasteiger partial charge in [-0.05, 0) is 29.7 Å². The highest BCUT2D eigenvalue weighted by molar-refractivity contribution is 9.10. The molecular weight excluding hydrogens is 508 g/mol. The Kier molecular flexibility index (Phi) is 5.84. The van der Waals surface area contributed by atoms with E-state index in [2.05, 4.69) is 62.2 Å². The molecule has 1 saturated heterocycles. The summed E-state index contributed by atoms with van der Waals surface area (Å²) in [5.74, 6) is 0.983. The molecule has 35 heavy (non-hydrogen) atoms. The molecular formula is C28H29BrN2O4. The Morgan fingerprint density at radius 3 is 2.54 bits per heavy atom. The molecule has 1 aliphatic carbocycles. The van der Waals surface area contributed by atoms with Crippen molar-refractivity contribution < 1.29 is 19.3 Å². The van der Waals surface area contributed by atoms with Crippen LogP contribution in [0.2, 0.25) is 0 Å². The predicted molar refractivity (Wildman–Crippen MR) is 136 cm³/mol. The molecule has 3 aromatic rings. The molecule has 2 aromatic carbocycles. The van der Waals surface area contributed by atoms with E-state index >= 15 is 0 Å². The maximum absolute atomic E-state index is 13.1. The van der Waals surface area contributed by atoms with Crippen LogP contribution in [0.5, 0.6) is 11.5 Å². The number of fused-ring (bicyclic) bond motifs is 3. The van der Waals surface area contributed by atoms with Crippen molar-refractivity contribution in [2.24, 2.45) is 5.92 Å². The molecule has 182 valence electrons. The lowest BCUT2D eigenvalue weighted by Crippen LogP contribution is -2.53. The van der Waals surface area contributed by atoms with E-state index in [1.54, 1.807) is 19.5 Å². The van der Waals surface area contributed by atoms with Crippen molar-refractivity contribution in [2.45, 2.75) is 23.5 Å². The summed E-state index contributed by atoms with van der Waals surface area (Å²) in [4.78, 5) is 6.77. The number of pyridine rings is 1. The minimum atomic E-state index is -1.32. The van der Waals surface area contributed by atoms with Gasteiger partial charge < -0.3 is 19.3 Å². The fourth-order valence-corrected chi connectivity index (χ4v) is 6.73. The average Bonchev–Trinajstić information content (AvgIpc) is 3.31. The lowest BCUT2D eigenvalue weighted by molar-refractivity contribution is -0.134. The van der Waals surface area contributed by atoms with E-state index < -0.39 is 11.2 Å². The molecule has 1 N–H and O–H groups in total. The second-order valence-corrected chi connectivity index (χ2v) is 10.6. The summed E-state index contributed by atoms with van der Waals surface area (Å²) in [6, 6.07) is 18.6. The predicted octanol–water partition coefficient (Wildman–Crippen LogP) is 4.46. The van der Waals surface area contributed by atoms with Crippen molar-refractivity contribution in [1.29, 1.82) is 0 Å². The first-order chi connectivity index (χ1) is 17.1. The number of aliphatic hydroxyl groups is 1. The van der Waals surface area contributed by atoms with Gasteiger partial charge in [-0.3, -0.25) is 9.88 Å². The van der Waals surface area contributed by atoms with Gasteiger partial charge in [-0.25, -0.2) is 0 Å². The van der Waals surface area contributed by atoms with Crippen molar-refractivity contribution in [3.8, 4) is 11.5 Å². The summed E-state index contributed by atoms with van der Waals surface area (Å²) in [5.41, 5.74) is 0.459. The first kappa shape index (κ1) is 23.0. The Morgan fingerprint density at radius 2 is 1.83 bits per heavy atom. The molecule has 2 fully saturated rings. The van der Waals surface area contributed by atoms with Crippen molar-refractivity contribution >= 4 is 15.9 Å². The summed E-state index contributed by atoms with van der Waals surface area (Å²) in [5, 5.41) is 13.1. The van der Waals surface area contributed by atoms with Crippen LogP contribution in [-0.4, -0.2) is 54.9 Å². The molecule has 0 bridgehead atoms. The summed E-state index contributed by atoms with van der Waals surface area (Å²) in [6.45, 7) is 3.89. The quantitative estimate of drug-likeness (QED) is 0.519. The summed E-state index contributed by atoms with van der Waals surface area (Å²) in [6.07, 6.45) is 4.17. The molecule has 4 unspecified atom stereocenters. The largest absolute Gasteiger partial charge is 0.495 e. The van der Waals surface area contributed by atoms with E-state index in [4.69, 9.17) is 14.2 Å². The van der Waals surface area contributed by atoms with Crippen LogP contribution in [0.15, 0.2) is 71.5 Å². The molecule has 3 heterocycles. The van der Waals surface area contributed by atoms with E-state index in [9.17, 15) is 5.11 Å². The number of hydrogen-bond acceptors (Lipinski definition) is 6. The van der Waals surface area contributed by atoms with Gasteiger partial charge in [0.1, 0.15) is 17.1 Å². The zero-order chi connectivity index (χ0) is 24.0. The van der Waals surface area contributed by atoms with Gasteiger partial charge in [-0.15, -0.1) is 0 Å². The summed E-state index contributed by atoms with van der Waals surface area (Å²) in [7, 11) is 1.63. The number of methoxy groups -OCH3 is 1. The second-order valence-electron chi connectivity index (χ2n) is 9.63. The maximum Gasteiger partial charge on any atom is 0.174 e. The second kappa shape index (κ2) is 8.89. The van der Waals surface area contributed by atoms with Gasteiger partial charge in [0.15, 0.2) is 5.60 Å². The first-order valence-electron chi connectivity index (χ1n) is 12.1. The van der Waals surface area contributed by atoms with Gasteiger partial charge in [-0.1, -0.05) is 58.4 Å². The zero-order valence-corrected chi connectivity index (χ0v) is 21.3. The molecule has 2 aliphatic heterocycles. The highest BCUT2D eigenvalue weighted by atomic mass is 79.9. The minimum Gasteiger partial charge on any atom is -0.495 e. The van der Waals surface area contributed by atoms with Gasteiger partial charge in [0, 0.05) is 35.9 Å². The van der Waals surface area contributed by atoms with Gasteiger partial charge >= 0.3 is 0 Å².